The number of rotatable bonds is 7. The first-order valence-electron chi connectivity index (χ1n) is 8.41. The zero-order chi connectivity index (χ0) is 19.3. The number of nitrogens with one attached hydrogen (secondary N) is 2. The van der Waals surface area contributed by atoms with E-state index in [2.05, 4.69) is 31.4 Å². The number of amides is 2. The third-order valence-electron chi connectivity index (χ3n) is 3.39. The van der Waals surface area contributed by atoms with Crippen LogP contribution in [0.5, 0.6) is 0 Å². The molecule has 25 heavy (non-hydrogen) atoms. The second-order valence-electron chi connectivity index (χ2n) is 8.40. The molecule has 5 nitrogen and oxygen atoms in total. The van der Waals surface area contributed by atoms with Gasteiger partial charge in [0.2, 0.25) is 11.8 Å². The molecule has 1 aromatic rings. The molecule has 1 rings (SSSR count). The molecular weight excluding hydrogens is 321 g/mol. The summed E-state index contributed by atoms with van der Waals surface area (Å²) >= 11 is 0. The summed E-state index contributed by atoms with van der Waals surface area (Å²) in [6.07, 6.45) is 0.843. The SMILES string of the molecule is CN(CC(=O)Nc1cccc(F)c1)CC(=O)NC(C)(C)CC(C)(C)C. The van der Waals surface area contributed by atoms with E-state index in [0.717, 1.165) is 6.42 Å². The van der Waals surface area contributed by atoms with Crippen LogP contribution in [-0.4, -0.2) is 42.4 Å². The molecule has 0 aliphatic rings. The van der Waals surface area contributed by atoms with Crippen LogP contribution in [0.15, 0.2) is 24.3 Å². The first-order valence-corrected chi connectivity index (χ1v) is 8.41. The van der Waals surface area contributed by atoms with Crippen molar-refractivity contribution in [1.29, 1.82) is 0 Å². The largest absolute Gasteiger partial charge is 0.350 e. The molecule has 2 N–H and O–H groups in total. The van der Waals surface area contributed by atoms with Gasteiger partial charge in [0, 0.05) is 11.2 Å². The van der Waals surface area contributed by atoms with E-state index in [1.165, 1.54) is 18.2 Å². The van der Waals surface area contributed by atoms with Gasteiger partial charge in [-0.2, -0.15) is 0 Å². The normalized spacial score (nSPS) is 12.2. The van der Waals surface area contributed by atoms with Gasteiger partial charge in [0.15, 0.2) is 0 Å². The van der Waals surface area contributed by atoms with E-state index in [1.807, 2.05) is 13.8 Å². The Morgan fingerprint density at radius 3 is 2.24 bits per heavy atom. The number of halogens is 1. The molecule has 0 radical (unpaired) electrons. The molecule has 1 aromatic carbocycles. The summed E-state index contributed by atoms with van der Waals surface area (Å²) < 4.78 is 13.1. The molecule has 0 heterocycles. The molecule has 2 amide bonds. The monoisotopic (exact) mass is 351 g/mol. The van der Waals surface area contributed by atoms with Gasteiger partial charge >= 0.3 is 0 Å². The van der Waals surface area contributed by atoms with Crippen LogP contribution in [0.4, 0.5) is 10.1 Å². The lowest BCUT2D eigenvalue weighted by molar-refractivity contribution is -0.124. The van der Waals surface area contributed by atoms with Crippen LogP contribution in [0.3, 0.4) is 0 Å². The van der Waals surface area contributed by atoms with Gasteiger partial charge < -0.3 is 10.6 Å². The van der Waals surface area contributed by atoms with E-state index in [0.29, 0.717) is 5.69 Å². The molecule has 0 aliphatic heterocycles. The smallest absolute Gasteiger partial charge is 0.238 e. The number of nitrogens with zero attached hydrogens (tertiary/aromatic N) is 1. The van der Waals surface area contributed by atoms with E-state index in [9.17, 15) is 14.0 Å². The lowest BCUT2D eigenvalue weighted by Gasteiger charge is -2.33. The summed E-state index contributed by atoms with van der Waals surface area (Å²) in [5.41, 5.74) is 0.183. The highest BCUT2D eigenvalue weighted by Crippen LogP contribution is 2.26. The maximum absolute atomic E-state index is 13.1. The molecule has 0 spiro atoms. The third-order valence-corrected chi connectivity index (χ3v) is 3.39. The van der Waals surface area contributed by atoms with Crippen molar-refractivity contribution >= 4 is 17.5 Å². The summed E-state index contributed by atoms with van der Waals surface area (Å²) in [6.45, 7) is 10.5. The average Bonchev–Trinajstić information content (AvgIpc) is 2.33. The van der Waals surface area contributed by atoms with Crippen molar-refractivity contribution in [1.82, 2.24) is 10.2 Å². The van der Waals surface area contributed by atoms with Gasteiger partial charge in [0.05, 0.1) is 13.1 Å². The average molecular weight is 351 g/mol. The summed E-state index contributed by atoms with van der Waals surface area (Å²) in [5, 5.41) is 5.63. The summed E-state index contributed by atoms with van der Waals surface area (Å²) in [5.74, 6) is -0.836. The van der Waals surface area contributed by atoms with Crippen molar-refractivity contribution in [2.45, 2.75) is 46.6 Å². The van der Waals surface area contributed by atoms with Crippen LogP contribution < -0.4 is 10.6 Å². The van der Waals surface area contributed by atoms with Crippen LogP contribution in [0.1, 0.15) is 41.0 Å². The number of likely N-dealkylation sites (N-methyl/N-ethyl adjacent to an activating group) is 1. The number of anilines is 1. The van der Waals surface area contributed by atoms with Gasteiger partial charge in [-0.05, 0) is 50.9 Å². The number of hydrogen-bond acceptors (Lipinski definition) is 3. The molecule has 0 atom stereocenters. The van der Waals surface area contributed by atoms with Crippen molar-refractivity contribution in [3.8, 4) is 0 Å². The molecule has 0 aliphatic carbocycles. The van der Waals surface area contributed by atoms with Crippen molar-refractivity contribution in [2.24, 2.45) is 5.41 Å². The molecule has 0 saturated carbocycles. The topological polar surface area (TPSA) is 61.4 Å². The summed E-state index contributed by atoms with van der Waals surface area (Å²) in [6, 6.07) is 5.70. The number of benzene rings is 1. The predicted octanol–water partition coefficient (Wildman–Crippen LogP) is 3.03. The van der Waals surface area contributed by atoms with Crippen LogP contribution in [-0.2, 0) is 9.59 Å². The maximum atomic E-state index is 13.1. The quantitative estimate of drug-likeness (QED) is 0.794. The molecular formula is C19H30FN3O2. The molecule has 0 unspecified atom stereocenters. The number of carbonyl (C=O) groups excluding carboxylic acids is 2. The molecule has 0 saturated heterocycles. The van der Waals surface area contributed by atoms with Crippen molar-refractivity contribution in [3.63, 3.8) is 0 Å². The van der Waals surface area contributed by atoms with Crippen molar-refractivity contribution in [2.75, 3.05) is 25.5 Å². The molecule has 0 bridgehead atoms. The summed E-state index contributed by atoms with van der Waals surface area (Å²) in [7, 11) is 1.70. The Bertz CT molecular complexity index is 609. The third kappa shape index (κ3) is 9.19. The van der Waals surface area contributed by atoms with Crippen LogP contribution in [0.25, 0.3) is 0 Å². The van der Waals surface area contributed by atoms with Gasteiger partial charge in [-0.3, -0.25) is 14.5 Å². The Morgan fingerprint density at radius 1 is 1.08 bits per heavy atom. The number of hydrogen-bond donors (Lipinski definition) is 2. The minimum atomic E-state index is -0.411. The minimum absolute atomic E-state index is 0.0453. The van der Waals surface area contributed by atoms with E-state index in [1.54, 1.807) is 18.0 Å². The zero-order valence-electron chi connectivity index (χ0n) is 16.1. The highest BCUT2D eigenvalue weighted by molar-refractivity contribution is 5.92. The lowest BCUT2D eigenvalue weighted by atomic mass is 9.82. The fraction of sp³-hybridized carbons (Fsp3) is 0.579. The predicted molar refractivity (Wildman–Crippen MR) is 98.8 cm³/mol. The van der Waals surface area contributed by atoms with E-state index in [4.69, 9.17) is 0 Å². The lowest BCUT2D eigenvalue weighted by Crippen LogP contribution is -2.49. The van der Waals surface area contributed by atoms with E-state index < -0.39 is 5.82 Å². The standard InChI is InChI=1S/C19H30FN3O2/c1-18(2,3)13-19(4,5)22-17(25)12-23(6)11-16(24)21-15-9-7-8-14(20)10-15/h7-10H,11-13H2,1-6H3,(H,21,24)(H,22,25). The van der Waals surface area contributed by atoms with Gasteiger partial charge in [0.1, 0.15) is 5.82 Å². The first kappa shape index (κ1) is 21.1. The molecule has 0 fully saturated rings. The van der Waals surface area contributed by atoms with E-state index in [-0.39, 0.29) is 35.9 Å². The zero-order valence-corrected chi connectivity index (χ0v) is 16.1. The molecule has 6 heteroatoms. The molecule has 0 aromatic heterocycles. The fourth-order valence-corrected chi connectivity index (χ4v) is 3.10. The fourth-order valence-electron chi connectivity index (χ4n) is 3.10. The van der Waals surface area contributed by atoms with Crippen LogP contribution in [0.2, 0.25) is 0 Å². The van der Waals surface area contributed by atoms with Gasteiger partial charge in [0.25, 0.3) is 0 Å². The van der Waals surface area contributed by atoms with Gasteiger partial charge in [-0.25, -0.2) is 4.39 Å². The Hall–Kier alpha value is -1.95. The Balaban J connectivity index is 2.46. The van der Waals surface area contributed by atoms with Crippen LogP contribution >= 0.6 is 0 Å². The highest BCUT2D eigenvalue weighted by Gasteiger charge is 2.27. The maximum Gasteiger partial charge on any atom is 0.238 e. The molecule has 140 valence electrons. The van der Waals surface area contributed by atoms with Gasteiger partial charge in [-0.15, -0.1) is 0 Å². The van der Waals surface area contributed by atoms with E-state index >= 15 is 0 Å². The highest BCUT2D eigenvalue weighted by atomic mass is 19.1. The Morgan fingerprint density at radius 2 is 1.68 bits per heavy atom. The Labute approximate surface area is 150 Å². The second kappa shape index (κ2) is 8.43. The van der Waals surface area contributed by atoms with Crippen molar-refractivity contribution < 1.29 is 14.0 Å². The minimum Gasteiger partial charge on any atom is -0.350 e. The van der Waals surface area contributed by atoms with Crippen molar-refractivity contribution in [3.05, 3.63) is 30.1 Å². The second-order valence-corrected chi connectivity index (χ2v) is 8.40. The first-order chi connectivity index (χ1) is 11.4. The van der Waals surface area contributed by atoms with Crippen LogP contribution in [0, 0.1) is 11.2 Å². The van der Waals surface area contributed by atoms with Gasteiger partial charge in [-0.1, -0.05) is 26.8 Å². The Kier molecular flexibility index (Phi) is 7.11. The number of carbonyl (C=O) groups is 2. The summed E-state index contributed by atoms with van der Waals surface area (Å²) in [4.78, 5) is 25.8.